The summed E-state index contributed by atoms with van der Waals surface area (Å²) < 4.78 is 13.2. The third-order valence-corrected chi connectivity index (χ3v) is 3.22. The molecule has 3 nitrogen and oxygen atoms in total. The average molecular weight is 287 g/mol. The quantitative estimate of drug-likeness (QED) is 0.883. The lowest BCUT2D eigenvalue weighted by Crippen LogP contribution is -2.22. The highest BCUT2D eigenvalue weighted by atomic mass is 19.1. The standard InChI is InChI=1S/C17H22FN3/c1-13(2)20-11-14-7-8-19-17(10-14)21(3)12-15-5-4-6-16(18)9-15/h4-10,13,20H,11-12H2,1-3H3. The Hall–Kier alpha value is -1.94. The van der Waals surface area contributed by atoms with Crippen molar-refractivity contribution >= 4 is 5.82 Å². The average Bonchev–Trinajstić information content (AvgIpc) is 2.45. The van der Waals surface area contributed by atoms with Gasteiger partial charge < -0.3 is 10.2 Å². The number of anilines is 1. The molecule has 1 aromatic carbocycles. The van der Waals surface area contributed by atoms with Gasteiger partial charge in [0.1, 0.15) is 11.6 Å². The minimum atomic E-state index is -0.205. The molecule has 0 saturated carbocycles. The molecule has 0 aliphatic carbocycles. The third-order valence-electron chi connectivity index (χ3n) is 3.22. The Balaban J connectivity index is 2.05. The third kappa shape index (κ3) is 4.83. The van der Waals surface area contributed by atoms with Crippen molar-refractivity contribution in [3.63, 3.8) is 0 Å². The van der Waals surface area contributed by atoms with Gasteiger partial charge in [0.15, 0.2) is 0 Å². The van der Waals surface area contributed by atoms with Crippen molar-refractivity contribution in [2.75, 3.05) is 11.9 Å². The van der Waals surface area contributed by atoms with Gasteiger partial charge in [-0.15, -0.1) is 0 Å². The van der Waals surface area contributed by atoms with Crippen LogP contribution in [0, 0.1) is 5.82 Å². The number of aromatic nitrogens is 1. The summed E-state index contributed by atoms with van der Waals surface area (Å²) in [5, 5.41) is 3.39. The molecule has 0 unspecified atom stereocenters. The zero-order chi connectivity index (χ0) is 15.2. The fourth-order valence-corrected chi connectivity index (χ4v) is 2.09. The van der Waals surface area contributed by atoms with E-state index in [9.17, 15) is 4.39 Å². The van der Waals surface area contributed by atoms with Crippen molar-refractivity contribution in [2.24, 2.45) is 0 Å². The van der Waals surface area contributed by atoms with Crippen molar-refractivity contribution in [1.29, 1.82) is 0 Å². The largest absolute Gasteiger partial charge is 0.355 e. The van der Waals surface area contributed by atoms with Crippen molar-refractivity contribution in [2.45, 2.75) is 33.0 Å². The second-order valence-electron chi connectivity index (χ2n) is 5.54. The molecular formula is C17H22FN3. The Kier molecular flexibility index (Phi) is 5.28. The van der Waals surface area contributed by atoms with Gasteiger partial charge in [0, 0.05) is 32.4 Å². The van der Waals surface area contributed by atoms with Gasteiger partial charge in [-0.05, 0) is 35.4 Å². The predicted molar refractivity (Wildman–Crippen MR) is 84.7 cm³/mol. The van der Waals surface area contributed by atoms with Gasteiger partial charge in [0.25, 0.3) is 0 Å². The lowest BCUT2D eigenvalue weighted by atomic mass is 10.2. The van der Waals surface area contributed by atoms with Crippen molar-refractivity contribution in [3.05, 3.63) is 59.5 Å². The van der Waals surface area contributed by atoms with Crippen molar-refractivity contribution in [1.82, 2.24) is 10.3 Å². The first-order valence-electron chi connectivity index (χ1n) is 7.18. The molecule has 1 heterocycles. The lowest BCUT2D eigenvalue weighted by molar-refractivity contribution is 0.588. The van der Waals surface area contributed by atoms with E-state index < -0.39 is 0 Å². The zero-order valence-electron chi connectivity index (χ0n) is 12.8. The topological polar surface area (TPSA) is 28.2 Å². The summed E-state index contributed by atoms with van der Waals surface area (Å²) in [5.41, 5.74) is 2.13. The lowest BCUT2D eigenvalue weighted by Gasteiger charge is -2.19. The maximum Gasteiger partial charge on any atom is 0.128 e. The van der Waals surface area contributed by atoms with Crippen LogP contribution in [-0.2, 0) is 13.1 Å². The maximum absolute atomic E-state index is 13.2. The molecule has 0 spiro atoms. The summed E-state index contributed by atoms with van der Waals surface area (Å²) in [7, 11) is 1.97. The van der Waals surface area contributed by atoms with Gasteiger partial charge in [0.05, 0.1) is 0 Å². The number of pyridine rings is 1. The van der Waals surface area contributed by atoms with Crippen LogP contribution in [0.15, 0.2) is 42.6 Å². The van der Waals surface area contributed by atoms with E-state index in [1.54, 1.807) is 12.1 Å². The SMILES string of the molecule is CC(C)NCc1ccnc(N(C)Cc2cccc(F)c2)c1. The van der Waals surface area contributed by atoms with Crippen molar-refractivity contribution in [3.8, 4) is 0 Å². The minimum Gasteiger partial charge on any atom is -0.355 e. The van der Waals surface area contributed by atoms with Crippen LogP contribution in [-0.4, -0.2) is 18.1 Å². The van der Waals surface area contributed by atoms with Crippen molar-refractivity contribution < 1.29 is 4.39 Å². The van der Waals surface area contributed by atoms with E-state index in [1.807, 2.05) is 30.3 Å². The first-order chi connectivity index (χ1) is 10.0. The summed E-state index contributed by atoms with van der Waals surface area (Å²) in [6.45, 7) is 5.70. The van der Waals surface area contributed by atoms with Crippen LogP contribution in [0.1, 0.15) is 25.0 Å². The highest BCUT2D eigenvalue weighted by Crippen LogP contribution is 2.15. The van der Waals surface area contributed by atoms with E-state index in [1.165, 1.54) is 11.6 Å². The molecule has 0 aliphatic heterocycles. The summed E-state index contributed by atoms with van der Waals surface area (Å²) in [5.74, 6) is 0.686. The van der Waals surface area contributed by atoms with Gasteiger partial charge >= 0.3 is 0 Å². The molecule has 0 saturated heterocycles. The minimum absolute atomic E-state index is 0.205. The molecule has 1 N–H and O–H groups in total. The first-order valence-corrected chi connectivity index (χ1v) is 7.18. The second-order valence-corrected chi connectivity index (χ2v) is 5.54. The Labute approximate surface area is 125 Å². The molecule has 0 bridgehead atoms. The number of benzene rings is 1. The van der Waals surface area contributed by atoms with Crippen LogP contribution in [0.25, 0.3) is 0 Å². The van der Waals surface area contributed by atoms with Crippen LogP contribution in [0.5, 0.6) is 0 Å². The summed E-state index contributed by atoms with van der Waals surface area (Å²) >= 11 is 0. The van der Waals surface area contributed by atoms with E-state index >= 15 is 0 Å². The van der Waals surface area contributed by atoms with Crippen LogP contribution >= 0.6 is 0 Å². The summed E-state index contributed by atoms with van der Waals surface area (Å²) in [4.78, 5) is 6.41. The van der Waals surface area contributed by atoms with Crippen LogP contribution in [0.3, 0.4) is 0 Å². The van der Waals surface area contributed by atoms with Gasteiger partial charge in [-0.1, -0.05) is 26.0 Å². The first kappa shape index (κ1) is 15.4. The smallest absolute Gasteiger partial charge is 0.128 e. The molecule has 0 amide bonds. The Morgan fingerprint density at radius 1 is 1.19 bits per heavy atom. The number of halogens is 1. The van der Waals surface area contributed by atoms with E-state index in [-0.39, 0.29) is 5.82 Å². The Morgan fingerprint density at radius 2 is 2.00 bits per heavy atom. The number of nitrogens with zero attached hydrogens (tertiary/aromatic N) is 2. The maximum atomic E-state index is 13.2. The highest BCUT2D eigenvalue weighted by molar-refractivity contribution is 5.41. The van der Waals surface area contributed by atoms with Crippen LogP contribution in [0.4, 0.5) is 10.2 Å². The molecule has 2 rings (SSSR count). The molecule has 2 aromatic rings. The van der Waals surface area contributed by atoms with Gasteiger partial charge in [0.2, 0.25) is 0 Å². The van der Waals surface area contributed by atoms with Crippen LogP contribution in [0.2, 0.25) is 0 Å². The van der Waals surface area contributed by atoms with E-state index in [4.69, 9.17) is 0 Å². The molecule has 112 valence electrons. The summed E-state index contributed by atoms with van der Waals surface area (Å²) in [6.07, 6.45) is 1.81. The predicted octanol–water partition coefficient (Wildman–Crippen LogP) is 3.36. The van der Waals surface area contributed by atoms with E-state index in [0.29, 0.717) is 12.6 Å². The van der Waals surface area contributed by atoms with Gasteiger partial charge in [-0.25, -0.2) is 9.37 Å². The molecule has 21 heavy (non-hydrogen) atoms. The molecule has 1 aromatic heterocycles. The number of nitrogens with one attached hydrogen (secondary N) is 1. The zero-order valence-corrected chi connectivity index (χ0v) is 12.8. The van der Waals surface area contributed by atoms with Crippen LogP contribution < -0.4 is 10.2 Å². The fourth-order valence-electron chi connectivity index (χ4n) is 2.09. The van der Waals surface area contributed by atoms with Gasteiger partial charge in [-0.3, -0.25) is 0 Å². The molecular weight excluding hydrogens is 265 g/mol. The van der Waals surface area contributed by atoms with E-state index in [0.717, 1.165) is 17.9 Å². The molecule has 0 aliphatic rings. The monoisotopic (exact) mass is 287 g/mol. The number of rotatable bonds is 6. The molecule has 4 heteroatoms. The Bertz CT molecular complexity index is 584. The van der Waals surface area contributed by atoms with Gasteiger partial charge in [-0.2, -0.15) is 0 Å². The highest BCUT2D eigenvalue weighted by Gasteiger charge is 2.06. The second kappa shape index (κ2) is 7.18. The molecule has 0 radical (unpaired) electrons. The normalized spacial score (nSPS) is 10.9. The fraction of sp³-hybridized carbons (Fsp3) is 0.353. The molecule has 0 atom stereocenters. The number of hydrogen-bond donors (Lipinski definition) is 1. The summed E-state index contributed by atoms with van der Waals surface area (Å²) in [6, 6.07) is 11.2. The molecule has 0 fully saturated rings. The number of hydrogen-bond acceptors (Lipinski definition) is 3. The van der Waals surface area contributed by atoms with E-state index in [2.05, 4.69) is 30.2 Å². The Morgan fingerprint density at radius 3 is 2.71 bits per heavy atom.